The van der Waals surface area contributed by atoms with Crippen LogP contribution in [0.1, 0.15) is 31.4 Å². The zero-order valence-corrected chi connectivity index (χ0v) is 9.77. The van der Waals surface area contributed by atoms with E-state index in [1.807, 2.05) is 26.8 Å². The second kappa shape index (κ2) is 3.66. The number of thiophene rings is 1. The highest BCUT2D eigenvalue weighted by atomic mass is 32.1. The molecule has 0 aliphatic carbocycles. The molecule has 15 heavy (non-hydrogen) atoms. The van der Waals surface area contributed by atoms with Crippen LogP contribution in [0.25, 0.3) is 0 Å². The van der Waals surface area contributed by atoms with Crippen LogP contribution in [0.15, 0.2) is 22.8 Å². The average molecular weight is 220 g/mol. The molecule has 2 aromatic heterocycles. The van der Waals surface area contributed by atoms with E-state index in [-0.39, 0.29) is 5.78 Å². The number of hydrogen-bond donors (Lipinski definition) is 0. The van der Waals surface area contributed by atoms with Crippen LogP contribution < -0.4 is 0 Å². The Labute approximate surface area is 92.5 Å². The van der Waals surface area contributed by atoms with Gasteiger partial charge in [0, 0.05) is 15.3 Å². The van der Waals surface area contributed by atoms with Gasteiger partial charge in [-0.2, -0.15) is 0 Å². The van der Waals surface area contributed by atoms with Gasteiger partial charge in [0.1, 0.15) is 5.76 Å². The zero-order valence-electron chi connectivity index (χ0n) is 8.96. The van der Waals surface area contributed by atoms with Crippen LogP contribution in [0, 0.1) is 20.8 Å². The molecule has 0 spiro atoms. The van der Waals surface area contributed by atoms with Gasteiger partial charge in [0.25, 0.3) is 0 Å². The van der Waals surface area contributed by atoms with Gasteiger partial charge in [-0.1, -0.05) is 0 Å². The second-order valence-corrected chi connectivity index (χ2v) is 5.01. The second-order valence-electron chi connectivity index (χ2n) is 3.55. The number of furan rings is 1. The lowest BCUT2D eigenvalue weighted by atomic mass is 10.1. The van der Waals surface area contributed by atoms with Crippen molar-refractivity contribution in [1.82, 2.24) is 0 Å². The van der Waals surface area contributed by atoms with Crippen LogP contribution in [-0.4, -0.2) is 5.78 Å². The minimum Gasteiger partial charge on any atom is -0.469 e. The van der Waals surface area contributed by atoms with E-state index in [4.69, 9.17) is 4.42 Å². The molecule has 2 rings (SSSR count). The molecular formula is C12H12O2S. The van der Waals surface area contributed by atoms with Gasteiger partial charge in [-0.05, 0) is 32.9 Å². The summed E-state index contributed by atoms with van der Waals surface area (Å²) in [5.74, 6) is 0.742. The van der Waals surface area contributed by atoms with E-state index < -0.39 is 0 Å². The molecule has 0 unspecified atom stereocenters. The van der Waals surface area contributed by atoms with Crippen LogP contribution in [0.5, 0.6) is 0 Å². The highest BCUT2D eigenvalue weighted by Gasteiger charge is 2.17. The van der Waals surface area contributed by atoms with Crippen LogP contribution in [0.4, 0.5) is 0 Å². The number of carbonyl (C=O) groups is 1. The van der Waals surface area contributed by atoms with Crippen LogP contribution in [-0.2, 0) is 0 Å². The van der Waals surface area contributed by atoms with E-state index >= 15 is 0 Å². The largest absolute Gasteiger partial charge is 0.469 e. The molecule has 0 atom stereocenters. The summed E-state index contributed by atoms with van der Waals surface area (Å²) >= 11 is 1.65. The predicted molar refractivity (Wildman–Crippen MR) is 60.7 cm³/mol. The number of carbonyl (C=O) groups excluding carboxylic acids is 1. The summed E-state index contributed by atoms with van der Waals surface area (Å²) in [6.07, 6.45) is 1.55. The molecule has 0 saturated heterocycles. The first-order valence-corrected chi connectivity index (χ1v) is 5.57. The van der Waals surface area contributed by atoms with Gasteiger partial charge >= 0.3 is 0 Å². The first-order valence-electron chi connectivity index (χ1n) is 4.75. The molecule has 0 aliphatic rings. The summed E-state index contributed by atoms with van der Waals surface area (Å²) in [5, 5.41) is 0. The average Bonchev–Trinajstić information content (AvgIpc) is 2.71. The Morgan fingerprint density at radius 3 is 2.47 bits per heavy atom. The van der Waals surface area contributed by atoms with Gasteiger partial charge < -0.3 is 4.42 Å². The van der Waals surface area contributed by atoms with E-state index in [1.165, 1.54) is 0 Å². The third-order valence-electron chi connectivity index (χ3n) is 2.39. The van der Waals surface area contributed by atoms with E-state index in [1.54, 1.807) is 23.7 Å². The standard InChI is InChI=1S/C12H12O2S/c1-7-6-11(9(3)15-7)12(13)10-4-5-14-8(10)2/h4-6H,1-3H3. The smallest absolute Gasteiger partial charge is 0.197 e. The van der Waals surface area contributed by atoms with Gasteiger partial charge in [-0.3, -0.25) is 4.79 Å². The molecule has 0 fully saturated rings. The first-order chi connectivity index (χ1) is 7.09. The molecule has 2 nitrogen and oxygen atoms in total. The Bertz CT molecular complexity index is 505. The number of aryl methyl sites for hydroxylation is 3. The molecule has 78 valence electrons. The minimum absolute atomic E-state index is 0.0584. The highest BCUT2D eigenvalue weighted by Crippen LogP contribution is 2.24. The van der Waals surface area contributed by atoms with Crippen LogP contribution in [0.2, 0.25) is 0 Å². The number of rotatable bonds is 2. The van der Waals surface area contributed by atoms with E-state index in [0.29, 0.717) is 11.3 Å². The molecule has 2 aromatic rings. The lowest BCUT2D eigenvalue weighted by Gasteiger charge is -1.97. The van der Waals surface area contributed by atoms with Crippen molar-refractivity contribution in [3.05, 3.63) is 45.0 Å². The molecule has 0 N–H and O–H groups in total. The van der Waals surface area contributed by atoms with E-state index in [0.717, 1.165) is 15.3 Å². The maximum atomic E-state index is 12.1. The first kappa shape index (κ1) is 10.2. The lowest BCUT2D eigenvalue weighted by Crippen LogP contribution is -2.01. The normalized spacial score (nSPS) is 10.6. The van der Waals surface area contributed by atoms with Gasteiger partial charge in [-0.15, -0.1) is 11.3 Å². The van der Waals surface area contributed by atoms with Crippen molar-refractivity contribution in [2.45, 2.75) is 20.8 Å². The topological polar surface area (TPSA) is 30.2 Å². The summed E-state index contributed by atoms with van der Waals surface area (Å²) < 4.78 is 5.14. The monoisotopic (exact) mass is 220 g/mol. The van der Waals surface area contributed by atoms with Crippen molar-refractivity contribution in [2.24, 2.45) is 0 Å². The maximum Gasteiger partial charge on any atom is 0.197 e. The summed E-state index contributed by atoms with van der Waals surface area (Å²) in [5.41, 5.74) is 1.46. The fourth-order valence-electron chi connectivity index (χ4n) is 1.62. The Balaban J connectivity index is 2.45. The van der Waals surface area contributed by atoms with Gasteiger partial charge in [0.05, 0.1) is 11.8 Å². The van der Waals surface area contributed by atoms with Gasteiger partial charge in [-0.25, -0.2) is 0 Å². The molecule has 0 radical (unpaired) electrons. The zero-order chi connectivity index (χ0) is 11.0. The quantitative estimate of drug-likeness (QED) is 0.725. The molecule has 0 amide bonds. The Hall–Kier alpha value is -1.35. The third-order valence-corrected chi connectivity index (χ3v) is 3.35. The Morgan fingerprint density at radius 1 is 1.27 bits per heavy atom. The predicted octanol–water partition coefficient (Wildman–Crippen LogP) is 3.50. The molecule has 0 aromatic carbocycles. The third kappa shape index (κ3) is 1.75. The van der Waals surface area contributed by atoms with Crippen molar-refractivity contribution in [3.8, 4) is 0 Å². The number of ketones is 1. The van der Waals surface area contributed by atoms with Crippen molar-refractivity contribution < 1.29 is 9.21 Å². The molecule has 3 heteroatoms. The molecule has 0 bridgehead atoms. The SMILES string of the molecule is Cc1cc(C(=O)c2ccoc2C)c(C)s1. The van der Waals surface area contributed by atoms with Crippen molar-refractivity contribution in [1.29, 1.82) is 0 Å². The van der Waals surface area contributed by atoms with Crippen molar-refractivity contribution >= 4 is 17.1 Å². The summed E-state index contributed by atoms with van der Waals surface area (Å²) in [6.45, 7) is 5.79. The summed E-state index contributed by atoms with van der Waals surface area (Å²) in [6, 6.07) is 3.67. The van der Waals surface area contributed by atoms with E-state index in [9.17, 15) is 4.79 Å². The highest BCUT2D eigenvalue weighted by molar-refractivity contribution is 7.12. The van der Waals surface area contributed by atoms with Crippen LogP contribution in [0.3, 0.4) is 0 Å². The van der Waals surface area contributed by atoms with Gasteiger partial charge in [0.15, 0.2) is 5.78 Å². The molecule has 0 saturated carbocycles. The number of hydrogen-bond acceptors (Lipinski definition) is 3. The summed E-state index contributed by atoms with van der Waals surface area (Å²) in [7, 11) is 0. The fourth-order valence-corrected chi connectivity index (χ4v) is 2.54. The van der Waals surface area contributed by atoms with Crippen molar-refractivity contribution in [3.63, 3.8) is 0 Å². The Morgan fingerprint density at radius 2 is 2.00 bits per heavy atom. The Kier molecular flexibility index (Phi) is 2.49. The minimum atomic E-state index is 0.0584. The fraction of sp³-hybridized carbons (Fsp3) is 0.250. The lowest BCUT2D eigenvalue weighted by molar-refractivity contribution is 0.103. The molecule has 2 heterocycles. The summed E-state index contributed by atoms with van der Waals surface area (Å²) in [4.78, 5) is 14.3. The van der Waals surface area contributed by atoms with E-state index in [2.05, 4.69) is 0 Å². The molecule has 0 aliphatic heterocycles. The van der Waals surface area contributed by atoms with Gasteiger partial charge in [0.2, 0.25) is 0 Å². The van der Waals surface area contributed by atoms with Crippen molar-refractivity contribution in [2.75, 3.05) is 0 Å². The molecular weight excluding hydrogens is 208 g/mol. The maximum absolute atomic E-state index is 12.1. The van der Waals surface area contributed by atoms with Crippen LogP contribution >= 0.6 is 11.3 Å².